The fourth-order valence-corrected chi connectivity index (χ4v) is 3.70. The highest BCUT2D eigenvalue weighted by Gasteiger charge is 2.22. The van der Waals surface area contributed by atoms with Crippen LogP contribution in [0.3, 0.4) is 0 Å². The lowest BCUT2D eigenvalue weighted by Crippen LogP contribution is -2.27. The average Bonchev–Trinajstić information content (AvgIpc) is 2.78. The molecule has 1 heterocycles. The van der Waals surface area contributed by atoms with Crippen LogP contribution in [-0.4, -0.2) is 10.5 Å². The first-order valence-electron chi connectivity index (χ1n) is 9.93. The maximum Gasteiger partial charge on any atom is 0.261 e. The molecule has 5 heteroatoms. The number of carbonyl (C=O) groups excluding carboxylic acids is 1. The number of benzene rings is 3. The van der Waals surface area contributed by atoms with E-state index in [9.17, 15) is 9.59 Å². The Labute approximate surface area is 185 Å². The summed E-state index contributed by atoms with van der Waals surface area (Å²) in [7, 11) is 0. The van der Waals surface area contributed by atoms with Crippen molar-refractivity contribution in [3.63, 3.8) is 0 Å². The zero-order valence-corrected chi connectivity index (χ0v) is 17.8. The fourth-order valence-electron chi connectivity index (χ4n) is 3.57. The molecular formula is C26H21ClN2O2. The summed E-state index contributed by atoms with van der Waals surface area (Å²) < 4.78 is 2.00. The van der Waals surface area contributed by atoms with Gasteiger partial charge in [0.05, 0.1) is 5.69 Å². The average molecular weight is 429 g/mol. The first kappa shape index (κ1) is 20.6. The largest absolute Gasteiger partial charge is 0.340 e. The predicted molar refractivity (Wildman–Crippen MR) is 126 cm³/mol. The molecular weight excluding hydrogens is 408 g/mol. The van der Waals surface area contributed by atoms with E-state index in [0.717, 1.165) is 16.8 Å². The van der Waals surface area contributed by atoms with Crippen molar-refractivity contribution in [2.45, 2.75) is 13.5 Å². The van der Waals surface area contributed by atoms with Crippen LogP contribution in [0.4, 0.5) is 5.69 Å². The van der Waals surface area contributed by atoms with Gasteiger partial charge in [0.1, 0.15) is 5.56 Å². The summed E-state index contributed by atoms with van der Waals surface area (Å²) in [6, 6.07) is 27.7. The molecule has 1 amide bonds. The van der Waals surface area contributed by atoms with Gasteiger partial charge in [-0.25, -0.2) is 0 Å². The third-order valence-electron chi connectivity index (χ3n) is 5.08. The van der Waals surface area contributed by atoms with Crippen molar-refractivity contribution in [2.24, 2.45) is 0 Å². The van der Waals surface area contributed by atoms with Crippen molar-refractivity contribution in [3.05, 3.63) is 123 Å². The van der Waals surface area contributed by atoms with Gasteiger partial charge in [0.25, 0.3) is 5.91 Å². The van der Waals surface area contributed by atoms with Crippen LogP contribution in [-0.2, 0) is 6.54 Å². The standard InChI is InChI=1S/C26H21ClN2O2/c1-18-16-23(30)24(26(31)28-22-10-6-3-7-11-22)25(20-8-4-2-5-9-20)29(18)17-19-12-14-21(27)15-13-19/h2-16H,17H2,1H3,(H,28,31). The van der Waals surface area contributed by atoms with Gasteiger partial charge >= 0.3 is 0 Å². The topological polar surface area (TPSA) is 51.1 Å². The normalized spacial score (nSPS) is 10.6. The number of halogens is 1. The first-order valence-corrected chi connectivity index (χ1v) is 10.3. The Balaban J connectivity index is 1.88. The van der Waals surface area contributed by atoms with Gasteiger partial charge in [-0.2, -0.15) is 0 Å². The molecule has 4 nitrogen and oxygen atoms in total. The first-order chi connectivity index (χ1) is 15.0. The second kappa shape index (κ2) is 9.02. The summed E-state index contributed by atoms with van der Waals surface area (Å²) in [5.74, 6) is -0.431. The molecule has 4 rings (SSSR count). The van der Waals surface area contributed by atoms with Crippen LogP contribution < -0.4 is 10.7 Å². The van der Waals surface area contributed by atoms with E-state index < -0.39 is 5.91 Å². The Kier molecular flexibility index (Phi) is 6.01. The minimum absolute atomic E-state index is 0.120. The number of carbonyl (C=O) groups is 1. The van der Waals surface area contributed by atoms with Gasteiger partial charge in [0.15, 0.2) is 5.43 Å². The third-order valence-corrected chi connectivity index (χ3v) is 5.33. The number of nitrogens with one attached hydrogen (secondary N) is 1. The molecule has 1 aromatic heterocycles. The van der Waals surface area contributed by atoms with Crippen molar-refractivity contribution in [2.75, 3.05) is 5.32 Å². The number of amides is 1. The van der Waals surface area contributed by atoms with E-state index in [0.29, 0.717) is 22.9 Å². The molecule has 0 aliphatic rings. The Bertz CT molecular complexity index is 1260. The van der Waals surface area contributed by atoms with Crippen LogP contribution in [0.1, 0.15) is 21.6 Å². The number of nitrogens with zero attached hydrogens (tertiary/aromatic N) is 1. The van der Waals surface area contributed by atoms with E-state index in [1.165, 1.54) is 6.07 Å². The van der Waals surface area contributed by atoms with Gasteiger partial charge in [0.2, 0.25) is 0 Å². The van der Waals surface area contributed by atoms with E-state index in [2.05, 4.69) is 5.32 Å². The molecule has 154 valence electrons. The maximum absolute atomic E-state index is 13.2. The predicted octanol–water partition coefficient (Wildman–Crippen LogP) is 5.78. The lowest BCUT2D eigenvalue weighted by Gasteiger charge is -2.20. The van der Waals surface area contributed by atoms with Crippen LogP contribution in [0.2, 0.25) is 5.02 Å². The molecule has 0 aliphatic heterocycles. The third kappa shape index (κ3) is 4.60. The Morgan fingerprint density at radius 1 is 0.903 bits per heavy atom. The highest BCUT2D eigenvalue weighted by atomic mass is 35.5. The Hall–Kier alpha value is -3.63. The van der Waals surface area contributed by atoms with Gasteiger partial charge in [-0.1, -0.05) is 72.3 Å². The van der Waals surface area contributed by atoms with Crippen LogP contribution in [0.15, 0.2) is 95.8 Å². The van der Waals surface area contributed by atoms with E-state index in [4.69, 9.17) is 11.6 Å². The van der Waals surface area contributed by atoms with E-state index in [1.807, 2.05) is 84.3 Å². The number of hydrogen-bond donors (Lipinski definition) is 1. The smallest absolute Gasteiger partial charge is 0.261 e. The van der Waals surface area contributed by atoms with Crippen molar-refractivity contribution in [3.8, 4) is 11.3 Å². The second-order valence-electron chi connectivity index (χ2n) is 7.27. The van der Waals surface area contributed by atoms with Gasteiger partial charge in [-0.15, -0.1) is 0 Å². The number of pyridine rings is 1. The molecule has 0 fully saturated rings. The molecule has 0 saturated carbocycles. The van der Waals surface area contributed by atoms with Crippen molar-refractivity contribution >= 4 is 23.2 Å². The number of para-hydroxylation sites is 1. The Morgan fingerprint density at radius 3 is 2.16 bits per heavy atom. The summed E-state index contributed by atoms with van der Waals surface area (Å²) in [5.41, 5.74) is 3.63. The minimum atomic E-state index is -0.431. The summed E-state index contributed by atoms with van der Waals surface area (Å²) in [6.45, 7) is 2.38. The molecule has 0 spiro atoms. The number of aryl methyl sites for hydroxylation is 1. The molecule has 1 N–H and O–H groups in total. The van der Waals surface area contributed by atoms with Crippen molar-refractivity contribution in [1.29, 1.82) is 0 Å². The minimum Gasteiger partial charge on any atom is -0.340 e. The highest BCUT2D eigenvalue weighted by molar-refractivity contribution is 6.30. The zero-order valence-electron chi connectivity index (χ0n) is 17.0. The summed E-state index contributed by atoms with van der Waals surface area (Å²) in [4.78, 5) is 26.3. The molecule has 3 aromatic carbocycles. The quantitative estimate of drug-likeness (QED) is 0.438. The highest BCUT2D eigenvalue weighted by Crippen LogP contribution is 2.25. The van der Waals surface area contributed by atoms with E-state index in [-0.39, 0.29) is 11.0 Å². The molecule has 0 aliphatic carbocycles. The summed E-state index contributed by atoms with van der Waals surface area (Å²) in [5, 5.41) is 3.52. The Morgan fingerprint density at radius 2 is 1.52 bits per heavy atom. The lowest BCUT2D eigenvalue weighted by molar-refractivity contribution is 0.102. The number of rotatable bonds is 5. The summed E-state index contributed by atoms with van der Waals surface area (Å²) >= 11 is 6.04. The molecule has 0 atom stereocenters. The van der Waals surface area contributed by atoms with Crippen LogP contribution in [0.5, 0.6) is 0 Å². The maximum atomic E-state index is 13.2. The second-order valence-corrected chi connectivity index (χ2v) is 7.71. The molecule has 0 radical (unpaired) electrons. The molecule has 0 unspecified atom stereocenters. The van der Waals surface area contributed by atoms with Crippen molar-refractivity contribution < 1.29 is 4.79 Å². The number of hydrogen-bond acceptors (Lipinski definition) is 2. The monoisotopic (exact) mass is 428 g/mol. The van der Waals surface area contributed by atoms with E-state index >= 15 is 0 Å². The van der Waals surface area contributed by atoms with Gasteiger partial charge < -0.3 is 9.88 Å². The SMILES string of the molecule is Cc1cc(=O)c(C(=O)Nc2ccccc2)c(-c2ccccc2)n1Cc1ccc(Cl)cc1. The molecule has 0 bridgehead atoms. The van der Waals surface area contributed by atoms with Gasteiger partial charge in [-0.3, -0.25) is 9.59 Å². The number of aromatic nitrogens is 1. The molecule has 4 aromatic rings. The zero-order chi connectivity index (χ0) is 21.8. The van der Waals surface area contributed by atoms with Crippen LogP contribution in [0, 0.1) is 6.92 Å². The van der Waals surface area contributed by atoms with Crippen LogP contribution >= 0.6 is 11.6 Å². The van der Waals surface area contributed by atoms with Crippen molar-refractivity contribution in [1.82, 2.24) is 4.57 Å². The molecule has 0 saturated heterocycles. The summed E-state index contributed by atoms with van der Waals surface area (Å²) in [6.07, 6.45) is 0. The fraction of sp³-hybridized carbons (Fsp3) is 0.0769. The van der Waals surface area contributed by atoms with Crippen LogP contribution in [0.25, 0.3) is 11.3 Å². The molecule has 31 heavy (non-hydrogen) atoms. The lowest BCUT2D eigenvalue weighted by atomic mass is 10.0. The van der Waals surface area contributed by atoms with Gasteiger partial charge in [-0.05, 0) is 42.3 Å². The number of anilines is 1. The van der Waals surface area contributed by atoms with E-state index in [1.54, 1.807) is 12.1 Å². The van der Waals surface area contributed by atoms with Gasteiger partial charge in [0, 0.05) is 29.0 Å².